The molecular weight excluding hydrogens is 825 g/mol. The molecule has 1 atom stereocenters. The van der Waals surface area contributed by atoms with E-state index in [9.17, 15) is 27.5 Å². The number of thiophene rings is 1. The number of hydrogen-bond acceptors (Lipinski definition) is 12. The summed E-state index contributed by atoms with van der Waals surface area (Å²) in [5.74, 6) is -0.616. The SMILES string of the molecule is CCOC(=O)C(Cc1cc(O)ccc1OCc1ccnc(OCCC(F)(F)F)n1)Oc1ncnc2sc(-c3ccc(F)cc3)c(-c3ccc(NCCCl)c(Cl)c3C)c12. The minimum absolute atomic E-state index is 0.0303. The summed E-state index contributed by atoms with van der Waals surface area (Å²) in [6, 6.07) is 15.2. The molecule has 2 N–H and O–H groups in total. The lowest BCUT2D eigenvalue weighted by atomic mass is 9.95. The summed E-state index contributed by atoms with van der Waals surface area (Å²) < 4.78 is 74.9. The van der Waals surface area contributed by atoms with Gasteiger partial charge < -0.3 is 29.4 Å². The second kappa shape index (κ2) is 18.9. The maximum atomic E-state index is 14.1. The lowest BCUT2D eigenvalue weighted by Gasteiger charge is -2.20. The van der Waals surface area contributed by atoms with Crippen LogP contribution in [0.1, 0.15) is 30.2 Å². The zero-order valence-electron chi connectivity index (χ0n) is 30.9. The highest BCUT2D eigenvalue weighted by Crippen LogP contribution is 2.49. The molecule has 18 heteroatoms. The molecular formula is C40H35Cl2F4N5O6S. The van der Waals surface area contributed by atoms with Crippen molar-refractivity contribution < 1.29 is 46.4 Å². The van der Waals surface area contributed by atoms with Crippen molar-refractivity contribution in [2.75, 3.05) is 31.0 Å². The zero-order valence-corrected chi connectivity index (χ0v) is 33.2. The third-order valence-electron chi connectivity index (χ3n) is 8.56. The van der Waals surface area contributed by atoms with Crippen molar-refractivity contribution in [3.05, 3.63) is 101 Å². The van der Waals surface area contributed by atoms with Gasteiger partial charge in [0.1, 0.15) is 41.7 Å². The Morgan fingerprint density at radius 3 is 2.57 bits per heavy atom. The van der Waals surface area contributed by atoms with Crippen molar-refractivity contribution in [3.63, 3.8) is 0 Å². The van der Waals surface area contributed by atoms with Crippen LogP contribution in [0.15, 0.2) is 73.2 Å². The van der Waals surface area contributed by atoms with Gasteiger partial charge >= 0.3 is 18.2 Å². The summed E-state index contributed by atoms with van der Waals surface area (Å²) in [6.07, 6.45) is -4.44. The lowest BCUT2D eigenvalue weighted by molar-refractivity contribution is -0.151. The number of aromatic nitrogens is 4. The van der Waals surface area contributed by atoms with E-state index < -0.39 is 37.1 Å². The first kappa shape index (κ1) is 42.2. The van der Waals surface area contributed by atoms with Crippen LogP contribution in [0.3, 0.4) is 0 Å². The molecule has 1 unspecified atom stereocenters. The number of phenols is 1. The molecule has 6 aromatic rings. The number of phenolic OH excluding ortho intramolecular Hbond substituents is 1. The van der Waals surface area contributed by atoms with Gasteiger partial charge in [-0.2, -0.15) is 18.2 Å². The maximum Gasteiger partial charge on any atom is 0.392 e. The fraction of sp³-hybridized carbons (Fsp3) is 0.275. The Morgan fingerprint density at radius 2 is 1.83 bits per heavy atom. The van der Waals surface area contributed by atoms with E-state index >= 15 is 0 Å². The fourth-order valence-electron chi connectivity index (χ4n) is 5.88. The Balaban J connectivity index is 1.36. The molecule has 3 aromatic carbocycles. The van der Waals surface area contributed by atoms with Crippen LogP contribution < -0.4 is 19.5 Å². The molecule has 3 heterocycles. The normalized spacial score (nSPS) is 12.0. The van der Waals surface area contributed by atoms with E-state index in [1.165, 1.54) is 60.3 Å². The first-order valence-corrected chi connectivity index (χ1v) is 19.5. The van der Waals surface area contributed by atoms with E-state index in [0.717, 1.165) is 4.88 Å². The van der Waals surface area contributed by atoms with Gasteiger partial charge in [-0.15, -0.1) is 22.9 Å². The van der Waals surface area contributed by atoms with E-state index in [-0.39, 0.29) is 48.7 Å². The number of esters is 1. The zero-order chi connectivity index (χ0) is 41.4. The topological polar surface area (TPSA) is 138 Å². The second-order valence-corrected chi connectivity index (χ2v) is 14.3. The van der Waals surface area contributed by atoms with Crippen LogP contribution in [0.4, 0.5) is 23.2 Å². The van der Waals surface area contributed by atoms with Crippen LogP contribution in [0.5, 0.6) is 23.4 Å². The molecule has 0 aliphatic heterocycles. The highest BCUT2D eigenvalue weighted by Gasteiger charge is 2.30. The number of alkyl halides is 4. The molecule has 58 heavy (non-hydrogen) atoms. The van der Waals surface area contributed by atoms with Gasteiger partial charge in [0.2, 0.25) is 12.0 Å². The molecule has 0 radical (unpaired) electrons. The van der Waals surface area contributed by atoms with E-state index in [4.69, 9.17) is 42.1 Å². The lowest BCUT2D eigenvalue weighted by Crippen LogP contribution is -2.32. The van der Waals surface area contributed by atoms with Crippen molar-refractivity contribution in [1.82, 2.24) is 19.9 Å². The summed E-state index contributed by atoms with van der Waals surface area (Å²) in [7, 11) is 0. The number of fused-ring (bicyclic) bond motifs is 1. The Kier molecular flexibility index (Phi) is 13.7. The van der Waals surface area contributed by atoms with Gasteiger partial charge in [-0.25, -0.2) is 24.1 Å². The summed E-state index contributed by atoms with van der Waals surface area (Å²) in [4.78, 5) is 31.9. The van der Waals surface area contributed by atoms with Crippen molar-refractivity contribution in [2.24, 2.45) is 0 Å². The third kappa shape index (κ3) is 10.3. The van der Waals surface area contributed by atoms with Gasteiger partial charge in [-0.05, 0) is 73.0 Å². The summed E-state index contributed by atoms with van der Waals surface area (Å²) >= 11 is 14.1. The van der Waals surface area contributed by atoms with Crippen molar-refractivity contribution in [1.29, 1.82) is 0 Å². The number of hydrogen-bond donors (Lipinski definition) is 2. The molecule has 0 fully saturated rings. The number of halogens is 6. The standard InChI is InChI=1S/C40H35Cl2F4N5O6S/c1-3-54-38(53)31(19-24-18-27(52)8-11-30(24)56-20-26-12-15-48-39(51-26)55-17-13-40(44,45)46)57-36-33-32(28-9-10-29(47-16-14-41)34(42)22(28)2)35(58-37(33)50-21-49-36)23-4-6-25(43)7-5-23/h4-12,15,18,21,31,47,52H,3,13-14,16-17,19-20H2,1-2H3. The molecule has 0 saturated heterocycles. The molecule has 0 aliphatic carbocycles. The molecule has 0 spiro atoms. The highest BCUT2D eigenvalue weighted by molar-refractivity contribution is 7.22. The van der Waals surface area contributed by atoms with Gasteiger partial charge in [0.15, 0.2) is 0 Å². The van der Waals surface area contributed by atoms with Gasteiger partial charge in [-0.3, -0.25) is 0 Å². The Bertz CT molecular complexity index is 2390. The average molecular weight is 861 g/mol. The first-order valence-electron chi connectivity index (χ1n) is 17.8. The van der Waals surface area contributed by atoms with Crippen LogP contribution in [0.25, 0.3) is 31.8 Å². The number of benzene rings is 3. The Hall–Kier alpha value is -5.45. The van der Waals surface area contributed by atoms with Crippen LogP contribution >= 0.6 is 34.5 Å². The average Bonchev–Trinajstić information content (AvgIpc) is 3.58. The predicted molar refractivity (Wildman–Crippen MR) is 213 cm³/mol. The monoisotopic (exact) mass is 859 g/mol. The highest BCUT2D eigenvalue weighted by atomic mass is 35.5. The van der Waals surface area contributed by atoms with Gasteiger partial charge in [0.05, 0.1) is 34.8 Å². The van der Waals surface area contributed by atoms with Crippen molar-refractivity contribution >= 4 is 56.4 Å². The minimum Gasteiger partial charge on any atom is -0.508 e. The van der Waals surface area contributed by atoms with E-state index in [0.29, 0.717) is 61.2 Å². The van der Waals surface area contributed by atoms with E-state index in [2.05, 4.69) is 25.3 Å². The number of anilines is 1. The summed E-state index contributed by atoms with van der Waals surface area (Å²) in [6.45, 7) is 3.20. The smallest absolute Gasteiger partial charge is 0.392 e. The predicted octanol–water partition coefficient (Wildman–Crippen LogP) is 9.74. The third-order valence-corrected chi connectivity index (χ3v) is 10.4. The number of rotatable bonds is 17. The van der Waals surface area contributed by atoms with E-state index in [1.807, 2.05) is 19.1 Å². The Labute approximate surface area is 343 Å². The van der Waals surface area contributed by atoms with Crippen LogP contribution in [0.2, 0.25) is 5.02 Å². The molecule has 0 bridgehead atoms. The van der Waals surface area contributed by atoms with E-state index in [1.54, 1.807) is 19.1 Å². The maximum absolute atomic E-state index is 14.1. The molecule has 6 rings (SSSR count). The van der Waals surface area contributed by atoms with Crippen LogP contribution in [-0.2, 0) is 22.6 Å². The number of aromatic hydroxyl groups is 1. The summed E-state index contributed by atoms with van der Waals surface area (Å²) in [5.41, 5.74) is 4.07. The van der Waals surface area contributed by atoms with Gasteiger partial charge in [0.25, 0.3) is 0 Å². The number of carbonyl (C=O) groups is 1. The van der Waals surface area contributed by atoms with Crippen LogP contribution in [-0.4, -0.2) is 68.9 Å². The van der Waals surface area contributed by atoms with Gasteiger partial charge in [-0.1, -0.05) is 29.8 Å². The molecule has 0 aliphatic rings. The Morgan fingerprint density at radius 1 is 1.03 bits per heavy atom. The fourth-order valence-corrected chi connectivity index (χ4v) is 7.36. The molecule has 11 nitrogen and oxygen atoms in total. The van der Waals surface area contributed by atoms with Gasteiger partial charge in [0, 0.05) is 41.0 Å². The number of ether oxygens (including phenoxy) is 4. The first-order chi connectivity index (χ1) is 27.8. The van der Waals surface area contributed by atoms with Crippen molar-refractivity contribution in [2.45, 2.75) is 45.6 Å². The minimum atomic E-state index is -4.40. The molecule has 0 amide bonds. The molecule has 3 aromatic heterocycles. The molecule has 0 saturated carbocycles. The van der Waals surface area contributed by atoms with Crippen molar-refractivity contribution in [3.8, 4) is 45.0 Å². The number of carbonyl (C=O) groups excluding carboxylic acids is 1. The largest absolute Gasteiger partial charge is 0.508 e. The molecule has 304 valence electrons. The number of nitrogens with zero attached hydrogens (tertiary/aromatic N) is 4. The van der Waals surface area contributed by atoms with Crippen LogP contribution in [0, 0.1) is 12.7 Å². The second-order valence-electron chi connectivity index (χ2n) is 12.6. The summed E-state index contributed by atoms with van der Waals surface area (Å²) in [5, 5.41) is 14.6. The number of nitrogens with one attached hydrogen (secondary N) is 1. The quantitative estimate of drug-likeness (QED) is 0.0515.